The molecule has 2 aliphatic rings. The van der Waals surface area contributed by atoms with Crippen molar-refractivity contribution in [3.05, 3.63) is 95.6 Å². The number of benzene rings is 3. The standard InChI is InChI=1S/C25H26N2O2/c1-3-8-20(9-4-1)17-26-14-7-15-27(18-21-10-5-2-6-11-21)25(26)22-12-13-23-24(16-22)29-19-28-23/h1-6,8-13,16,25H,7,14-15,17-19H2. The second-order valence-electron chi connectivity index (χ2n) is 7.75. The van der Waals surface area contributed by atoms with Crippen molar-refractivity contribution in [2.75, 3.05) is 19.9 Å². The van der Waals surface area contributed by atoms with Crippen molar-refractivity contribution in [1.82, 2.24) is 9.80 Å². The Bertz CT molecular complexity index is 896. The molecule has 2 heterocycles. The number of nitrogens with zero attached hydrogens (tertiary/aromatic N) is 2. The van der Waals surface area contributed by atoms with Crippen LogP contribution in [0.1, 0.15) is 29.3 Å². The van der Waals surface area contributed by atoms with Gasteiger partial charge >= 0.3 is 0 Å². The van der Waals surface area contributed by atoms with Gasteiger partial charge in [0.05, 0.1) is 6.17 Å². The van der Waals surface area contributed by atoms with E-state index in [1.54, 1.807) is 0 Å². The fraction of sp³-hybridized carbons (Fsp3) is 0.280. The summed E-state index contributed by atoms with van der Waals surface area (Å²) in [7, 11) is 0. The monoisotopic (exact) mass is 386 g/mol. The van der Waals surface area contributed by atoms with Gasteiger partial charge in [0.2, 0.25) is 6.79 Å². The minimum Gasteiger partial charge on any atom is -0.454 e. The van der Waals surface area contributed by atoms with Crippen molar-refractivity contribution in [3.63, 3.8) is 0 Å². The largest absolute Gasteiger partial charge is 0.454 e. The Morgan fingerprint density at radius 1 is 0.690 bits per heavy atom. The number of hydrogen-bond donors (Lipinski definition) is 0. The summed E-state index contributed by atoms with van der Waals surface area (Å²) in [6.07, 6.45) is 1.37. The third-order valence-electron chi connectivity index (χ3n) is 5.73. The molecule has 5 rings (SSSR count). The van der Waals surface area contributed by atoms with Gasteiger partial charge in [0.15, 0.2) is 11.5 Å². The highest BCUT2D eigenvalue weighted by Gasteiger charge is 2.31. The third-order valence-corrected chi connectivity index (χ3v) is 5.73. The van der Waals surface area contributed by atoms with Gasteiger partial charge in [0, 0.05) is 26.2 Å². The highest BCUT2D eigenvalue weighted by Crippen LogP contribution is 2.38. The van der Waals surface area contributed by atoms with Gasteiger partial charge in [-0.05, 0) is 35.2 Å². The van der Waals surface area contributed by atoms with E-state index in [1.807, 2.05) is 6.07 Å². The first-order valence-electron chi connectivity index (χ1n) is 10.3. The molecule has 0 amide bonds. The second-order valence-corrected chi connectivity index (χ2v) is 7.75. The summed E-state index contributed by atoms with van der Waals surface area (Å²) in [5.41, 5.74) is 3.96. The van der Waals surface area contributed by atoms with E-state index in [0.717, 1.165) is 37.7 Å². The summed E-state index contributed by atoms with van der Waals surface area (Å²) in [5.74, 6) is 1.70. The van der Waals surface area contributed by atoms with Gasteiger partial charge < -0.3 is 9.47 Å². The van der Waals surface area contributed by atoms with Crippen molar-refractivity contribution < 1.29 is 9.47 Å². The lowest BCUT2D eigenvalue weighted by molar-refractivity contribution is -0.00916. The van der Waals surface area contributed by atoms with Crippen LogP contribution in [0.4, 0.5) is 0 Å². The summed E-state index contributed by atoms with van der Waals surface area (Å²) in [4.78, 5) is 5.17. The van der Waals surface area contributed by atoms with Crippen molar-refractivity contribution in [3.8, 4) is 11.5 Å². The topological polar surface area (TPSA) is 24.9 Å². The van der Waals surface area contributed by atoms with Crippen molar-refractivity contribution in [2.45, 2.75) is 25.7 Å². The molecule has 1 saturated heterocycles. The van der Waals surface area contributed by atoms with Gasteiger partial charge in [-0.3, -0.25) is 9.80 Å². The molecule has 2 aliphatic heterocycles. The van der Waals surface area contributed by atoms with E-state index >= 15 is 0 Å². The van der Waals surface area contributed by atoms with Crippen LogP contribution >= 0.6 is 0 Å². The molecule has 0 atom stereocenters. The Morgan fingerprint density at radius 3 is 1.90 bits per heavy atom. The van der Waals surface area contributed by atoms with Crippen molar-refractivity contribution in [2.24, 2.45) is 0 Å². The molecule has 0 unspecified atom stereocenters. The Hall–Kier alpha value is -2.82. The van der Waals surface area contributed by atoms with Crippen molar-refractivity contribution in [1.29, 1.82) is 0 Å². The van der Waals surface area contributed by atoms with Crippen LogP contribution in [0.15, 0.2) is 78.9 Å². The first-order valence-corrected chi connectivity index (χ1v) is 10.3. The van der Waals surface area contributed by atoms with Gasteiger partial charge in [-0.15, -0.1) is 0 Å². The molecule has 1 fully saturated rings. The van der Waals surface area contributed by atoms with E-state index in [2.05, 4.69) is 82.6 Å². The average molecular weight is 386 g/mol. The van der Waals surface area contributed by atoms with Gasteiger partial charge in [-0.25, -0.2) is 0 Å². The minimum atomic E-state index is 0.207. The molecular weight excluding hydrogens is 360 g/mol. The van der Waals surface area contributed by atoms with Gasteiger partial charge in [-0.1, -0.05) is 66.7 Å². The van der Waals surface area contributed by atoms with E-state index in [0.29, 0.717) is 6.79 Å². The molecule has 148 valence electrons. The first-order chi connectivity index (χ1) is 14.4. The molecular formula is C25H26N2O2. The molecule has 0 bridgehead atoms. The Balaban J connectivity index is 1.48. The van der Waals surface area contributed by atoms with Crippen LogP contribution in [-0.2, 0) is 13.1 Å². The van der Waals surface area contributed by atoms with E-state index < -0.39 is 0 Å². The quantitative estimate of drug-likeness (QED) is 0.628. The van der Waals surface area contributed by atoms with E-state index in [9.17, 15) is 0 Å². The molecule has 0 aromatic heterocycles. The smallest absolute Gasteiger partial charge is 0.231 e. The van der Waals surface area contributed by atoms with Crippen LogP contribution < -0.4 is 9.47 Å². The number of hydrogen-bond acceptors (Lipinski definition) is 4. The van der Waals surface area contributed by atoms with Crippen LogP contribution in [0.5, 0.6) is 11.5 Å². The molecule has 0 spiro atoms. The molecule has 0 aliphatic carbocycles. The molecule has 0 N–H and O–H groups in total. The van der Waals surface area contributed by atoms with Crippen LogP contribution in [0, 0.1) is 0 Å². The minimum absolute atomic E-state index is 0.207. The van der Waals surface area contributed by atoms with Crippen molar-refractivity contribution >= 4 is 0 Å². The molecule has 4 heteroatoms. The second kappa shape index (κ2) is 8.27. The lowest BCUT2D eigenvalue weighted by atomic mass is 10.0. The molecule has 4 nitrogen and oxygen atoms in total. The van der Waals surface area contributed by atoms with Gasteiger partial charge in [0.25, 0.3) is 0 Å². The number of rotatable bonds is 5. The lowest BCUT2D eigenvalue weighted by Gasteiger charge is -2.44. The zero-order valence-corrected chi connectivity index (χ0v) is 16.5. The van der Waals surface area contributed by atoms with Gasteiger partial charge in [0.1, 0.15) is 0 Å². The molecule has 0 saturated carbocycles. The Morgan fingerprint density at radius 2 is 1.28 bits per heavy atom. The summed E-state index contributed by atoms with van der Waals surface area (Å²) >= 11 is 0. The molecule has 0 radical (unpaired) electrons. The highest BCUT2D eigenvalue weighted by atomic mass is 16.7. The lowest BCUT2D eigenvalue weighted by Crippen LogP contribution is -2.46. The normalized spacial score (nSPS) is 17.5. The maximum Gasteiger partial charge on any atom is 0.231 e. The summed E-state index contributed by atoms with van der Waals surface area (Å²) in [6, 6.07) is 27.9. The van der Waals surface area contributed by atoms with E-state index in [1.165, 1.54) is 23.1 Å². The summed E-state index contributed by atoms with van der Waals surface area (Å²) in [5, 5.41) is 0. The van der Waals surface area contributed by atoms with Gasteiger partial charge in [-0.2, -0.15) is 0 Å². The predicted molar refractivity (Wildman–Crippen MR) is 114 cm³/mol. The maximum absolute atomic E-state index is 5.68. The van der Waals surface area contributed by atoms with E-state index in [-0.39, 0.29) is 6.17 Å². The fourth-order valence-electron chi connectivity index (χ4n) is 4.41. The average Bonchev–Trinajstić information content (AvgIpc) is 3.23. The molecule has 3 aromatic carbocycles. The predicted octanol–water partition coefficient (Wildman–Crippen LogP) is 4.82. The summed E-state index contributed by atoms with van der Waals surface area (Å²) < 4.78 is 11.2. The zero-order chi connectivity index (χ0) is 19.5. The third kappa shape index (κ3) is 4.00. The number of fused-ring (bicyclic) bond motifs is 1. The van der Waals surface area contributed by atoms with E-state index in [4.69, 9.17) is 9.47 Å². The molecule has 3 aromatic rings. The Labute approximate surface area is 172 Å². The van der Waals surface area contributed by atoms with Crippen LogP contribution in [0.3, 0.4) is 0 Å². The Kier molecular flexibility index (Phi) is 5.20. The SMILES string of the molecule is c1ccc(CN2CCCN(Cc3ccccc3)C2c2ccc3c(c2)OCO3)cc1. The first kappa shape index (κ1) is 18.2. The fourth-order valence-corrected chi connectivity index (χ4v) is 4.41. The summed E-state index contributed by atoms with van der Waals surface area (Å²) in [6.45, 7) is 4.35. The number of ether oxygens (including phenoxy) is 2. The highest BCUT2D eigenvalue weighted by molar-refractivity contribution is 5.45. The van der Waals surface area contributed by atoms with Crippen LogP contribution in [0.2, 0.25) is 0 Å². The van der Waals surface area contributed by atoms with Crippen LogP contribution in [0.25, 0.3) is 0 Å². The maximum atomic E-state index is 5.68. The van der Waals surface area contributed by atoms with Crippen LogP contribution in [-0.4, -0.2) is 29.7 Å². The zero-order valence-electron chi connectivity index (χ0n) is 16.5. The molecule has 29 heavy (non-hydrogen) atoms.